The topological polar surface area (TPSA) is 41.5 Å². The molecule has 0 bridgehead atoms. The summed E-state index contributed by atoms with van der Waals surface area (Å²) in [6, 6.07) is 0.639. The zero-order valence-electron chi connectivity index (χ0n) is 13.7. The highest BCUT2D eigenvalue weighted by Crippen LogP contribution is 2.35. The van der Waals surface area contributed by atoms with Gasteiger partial charge in [0.05, 0.1) is 18.3 Å². The lowest BCUT2D eigenvalue weighted by Crippen LogP contribution is -2.45. The third kappa shape index (κ3) is 5.01. The molecular formula is C17H33NO2. The molecule has 0 aromatic carbocycles. The number of nitrogens with one attached hydrogen (secondary N) is 1. The van der Waals surface area contributed by atoms with Gasteiger partial charge < -0.3 is 15.2 Å². The summed E-state index contributed by atoms with van der Waals surface area (Å²) < 4.78 is 6.15. The Balaban J connectivity index is 1.79. The van der Waals surface area contributed by atoms with Crippen molar-refractivity contribution in [3.63, 3.8) is 0 Å². The molecule has 2 aliphatic carbocycles. The summed E-state index contributed by atoms with van der Waals surface area (Å²) in [5.41, 5.74) is -0.745. The first-order valence-electron chi connectivity index (χ1n) is 8.45. The fraction of sp³-hybridized carbons (Fsp3) is 1.00. The van der Waals surface area contributed by atoms with Gasteiger partial charge in [0.1, 0.15) is 0 Å². The van der Waals surface area contributed by atoms with Gasteiger partial charge in [-0.1, -0.05) is 27.2 Å². The molecule has 2 rings (SSSR count). The Labute approximate surface area is 124 Å². The van der Waals surface area contributed by atoms with E-state index in [4.69, 9.17) is 4.74 Å². The third-order valence-corrected chi connectivity index (χ3v) is 4.92. The van der Waals surface area contributed by atoms with Crippen molar-refractivity contribution in [2.45, 2.75) is 77.5 Å². The number of ether oxygens (including phenoxy) is 1. The maximum Gasteiger partial charge on any atom is 0.0975 e. The molecule has 0 saturated heterocycles. The van der Waals surface area contributed by atoms with Gasteiger partial charge in [0.15, 0.2) is 0 Å². The summed E-state index contributed by atoms with van der Waals surface area (Å²) in [6.45, 7) is 9.89. The second-order valence-corrected chi connectivity index (χ2v) is 7.83. The Morgan fingerprint density at radius 2 is 1.95 bits per heavy atom. The van der Waals surface area contributed by atoms with Gasteiger partial charge in [-0.2, -0.15) is 0 Å². The van der Waals surface area contributed by atoms with Crippen LogP contribution in [0.3, 0.4) is 0 Å². The summed E-state index contributed by atoms with van der Waals surface area (Å²) in [4.78, 5) is 0. The van der Waals surface area contributed by atoms with Gasteiger partial charge in [0.2, 0.25) is 0 Å². The molecule has 2 saturated carbocycles. The molecule has 0 aromatic heterocycles. The molecule has 2 aliphatic rings. The van der Waals surface area contributed by atoms with E-state index in [1.807, 2.05) is 6.92 Å². The maximum atomic E-state index is 10.4. The molecule has 20 heavy (non-hydrogen) atoms. The molecule has 118 valence electrons. The Morgan fingerprint density at radius 1 is 1.25 bits per heavy atom. The summed E-state index contributed by atoms with van der Waals surface area (Å²) in [5, 5.41) is 13.8. The lowest BCUT2D eigenvalue weighted by Gasteiger charge is -2.38. The minimum Gasteiger partial charge on any atom is -0.386 e. The van der Waals surface area contributed by atoms with Crippen molar-refractivity contribution in [3.8, 4) is 0 Å². The van der Waals surface area contributed by atoms with Crippen molar-refractivity contribution in [1.29, 1.82) is 0 Å². The molecule has 0 aliphatic heterocycles. The first-order chi connectivity index (χ1) is 9.37. The largest absolute Gasteiger partial charge is 0.386 e. The molecule has 2 fully saturated rings. The highest BCUT2D eigenvalue weighted by Gasteiger charge is 2.34. The highest BCUT2D eigenvalue weighted by molar-refractivity contribution is 4.87. The quantitative estimate of drug-likeness (QED) is 0.755. The second kappa shape index (κ2) is 6.76. The maximum absolute atomic E-state index is 10.4. The van der Waals surface area contributed by atoms with E-state index in [1.165, 1.54) is 25.7 Å². The predicted molar refractivity (Wildman–Crippen MR) is 82.7 cm³/mol. The molecule has 0 amide bonds. The van der Waals surface area contributed by atoms with Gasteiger partial charge in [-0.15, -0.1) is 0 Å². The van der Waals surface area contributed by atoms with Gasteiger partial charge in [0.25, 0.3) is 0 Å². The van der Waals surface area contributed by atoms with Gasteiger partial charge in [-0.05, 0) is 50.4 Å². The van der Waals surface area contributed by atoms with Crippen LogP contribution in [0.25, 0.3) is 0 Å². The first kappa shape index (κ1) is 16.3. The van der Waals surface area contributed by atoms with Crippen LogP contribution in [0.1, 0.15) is 59.8 Å². The summed E-state index contributed by atoms with van der Waals surface area (Å²) in [6.07, 6.45) is 6.58. The Morgan fingerprint density at radius 3 is 2.55 bits per heavy atom. The smallest absolute Gasteiger partial charge is 0.0975 e. The number of rotatable bonds is 7. The zero-order chi connectivity index (χ0) is 14.8. The average molecular weight is 283 g/mol. The van der Waals surface area contributed by atoms with Crippen LogP contribution in [-0.2, 0) is 4.74 Å². The number of hydrogen-bond donors (Lipinski definition) is 2. The molecular weight excluding hydrogens is 250 g/mol. The van der Waals surface area contributed by atoms with E-state index in [0.29, 0.717) is 37.1 Å². The van der Waals surface area contributed by atoms with Crippen molar-refractivity contribution in [1.82, 2.24) is 5.32 Å². The Kier molecular flexibility index (Phi) is 5.49. The van der Waals surface area contributed by atoms with Crippen molar-refractivity contribution in [2.75, 3.05) is 13.2 Å². The summed E-state index contributed by atoms with van der Waals surface area (Å²) >= 11 is 0. The Hall–Kier alpha value is -0.120. The number of hydrogen-bond acceptors (Lipinski definition) is 3. The fourth-order valence-corrected chi connectivity index (χ4v) is 3.30. The highest BCUT2D eigenvalue weighted by atomic mass is 16.5. The molecule has 4 atom stereocenters. The minimum atomic E-state index is -0.745. The van der Waals surface area contributed by atoms with Crippen molar-refractivity contribution < 1.29 is 9.84 Å². The van der Waals surface area contributed by atoms with E-state index in [2.05, 4.69) is 26.1 Å². The molecule has 4 unspecified atom stereocenters. The van der Waals surface area contributed by atoms with Gasteiger partial charge >= 0.3 is 0 Å². The van der Waals surface area contributed by atoms with Gasteiger partial charge in [-0.25, -0.2) is 0 Å². The SMILES string of the molecule is CC1CCC(C(C)C)C(OCC(C)(O)CNC2CC2)C1. The van der Waals surface area contributed by atoms with Crippen molar-refractivity contribution >= 4 is 0 Å². The van der Waals surface area contributed by atoms with E-state index in [0.717, 1.165) is 12.3 Å². The van der Waals surface area contributed by atoms with Gasteiger partial charge in [0, 0.05) is 12.6 Å². The van der Waals surface area contributed by atoms with Crippen LogP contribution in [-0.4, -0.2) is 36.0 Å². The van der Waals surface area contributed by atoms with Crippen LogP contribution in [0.5, 0.6) is 0 Å². The standard InChI is InChI=1S/C17H33NO2/c1-12(2)15-8-5-13(3)9-16(15)20-11-17(4,19)10-18-14-6-7-14/h12-16,18-19H,5-11H2,1-4H3. The lowest BCUT2D eigenvalue weighted by atomic mass is 9.75. The Bertz CT molecular complexity index is 299. The second-order valence-electron chi connectivity index (χ2n) is 7.83. The molecule has 0 spiro atoms. The summed E-state index contributed by atoms with van der Waals surface area (Å²) in [5.74, 6) is 2.07. The third-order valence-electron chi connectivity index (χ3n) is 4.92. The monoisotopic (exact) mass is 283 g/mol. The molecule has 0 heterocycles. The van der Waals surface area contributed by atoms with Crippen molar-refractivity contribution in [2.24, 2.45) is 17.8 Å². The number of aliphatic hydroxyl groups is 1. The first-order valence-corrected chi connectivity index (χ1v) is 8.45. The zero-order valence-corrected chi connectivity index (χ0v) is 13.7. The minimum absolute atomic E-state index is 0.325. The van der Waals surface area contributed by atoms with E-state index in [9.17, 15) is 5.11 Å². The van der Waals surface area contributed by atoms with E-state index in [1.54, 1.807) is 0 Å². The van der Waals surface area contributed by atoms with Crippen LogP contribution >= 0.6 is 0 Å². The fourth-order valence-electron chi connectivity index (χ4n) is 3.30. The normalized spacial score (nSPS) is 34.2. The summed E-state index contributed by atoms with van der Waals surface area (Å²) in [7, 11) is 0. The molecule has 3 heteroatoms. The predicted octanol–water partition coefficient (Wildman–Crippen LogP) is 2.97. The van der Waals surface area contributed by atoms with Crippen LogP contribution < -0.4 is 5.32 Å². The van der Waals surface area contributed by atoms with Crippen LogP contribution in [0.4, 0.5) is 0 Å². The van der Waals surface area contributed by atoms with E-state index < -0.39 is 5.60 Å². The molecule has 0 radical (unpaired) electrons. The average Bonchev–Trinajstić information content (AvgIpc) is 3.18. The molecule has 3 nitrogen and oxygen atoms in total. The van der Waals surface area contributed by atoms with Crippen LogP contribution in [0.15, 0.2) is 0 Å². The van der Waals surface area contributed by atoms with E-state index in [-0.39, 0.29) is 0 Å². The lowest BCUT2D eigenvalue weighted by molar-refractivity contribution is -0.100. The van der Waals surface area contributed by atoms with E-state index >= 15 is 0 Å². The van der Waals surface area contributed by atoms with Crippen molar-refractivity contribution in [3.05, 3.63) is 0 Å². The molecule has 2 N–H and O–H groups in total. The van der Waals surface area contributed by atoms with Gasteiger partial charge in [-0.3, -0.25) is 0 Å². The van der Waals surface area contributed by atoms with Crippen LogP contribution in [0, 0.1) is 17.8 Å². The molecule has 0 aromatic rings. The van der Waals surface area contributed by atoms with Crippen LogP contribution in [0.2, 0.25) is 0 Å².